The van der Waals surface area contributed by atoms with E-state index >= 15 is 0 Å². The highest BCUT2D eigenvalue weighted by molar-refractivity contribution is 6.65. The molecule has 2 amide bonds. The van der Waals surface area contributed by atoms with Gasteiger partial charge >= 0.3 is 0 Å². The van der Waals surface area contributed by atoms with Gasteiger partial charge in [-0.05, 0) is 41.4 Å². The predicted molar refractivity (Wildman–Crippen MR) is 81.7 cm³/mol. The fourth-order valence-electron chi connectivity index (χ4n) is 2.72. The number of benzene rings is 2. The second kappa shape index (κ2) is 6.13. The largest absolute Gasteiger partial charge is 0.279 e. The molecule has 0 bridgehead atoms. The molecule has 0 aliphatic carbocycles. The minimum atomic E-state index is -1.35. The Labute approximate surface area is 140 Å². The number of fused-ring (bicyclic) bond motifs is 1. The number of hydrogen-bond acceptors (Lipinski definition) is 3. The van der Waals surface area contributed by atoms with Gasteiger partial charge in [0.2, 0.25) is 5.24 Å². The van der Waals surface area contributed by atoms with Gasteiger partial charge in [0.15, 0.2) is 0 Å². The molecule has 0 radical (unpaired) electrons. The minimum absolute atomic E-state index is 0.114. The number of halogens is 3. The van der Waals surface area contributed by atoms with Gasteiger partial charge in [0.25, 0.3) is 11.8 Å². The summed E-state index contributed by atoms with van der Waals surface area (Å²) in [6.07, 6.45) is -0.275. The zero-order valence-electron chi connectivity index (χ0n) is 12.1. The van der Waals surface area contributed by atoms with E-state index in [4.69, 9.17) is 11.6 Å². The molecule has 24 heavy (non-hydrogen) atoms. The molecular weight excluding hydrogens is 340 g/mol. The topological polar surface area (TPSA) is 54.5 Å². The summed E-state index contributed by atoms with van der Waals surface area (Å²) >= 11 is 5.55. The first-order chi connectivity index (χ1) is 11.4. The molecule has 2 aromatic rings. The third-order valence-corrected chi connectivity index (χ3v) is 4.00. The summed E-state index contributed by atoms with van der Waals surface area (Å²) in [6, 6.07) is 7.49. The van der Waals surface area contributed by atoms with E-state index in [-0.39, 0.29) is 23.1 Å². The van der Waals surface area contributed by atoms with Crippen LogP contribution in [0.3, 0.4) is 0 Å². The van der Waals surface area contributed by atoms with Crippen LogP contribution in [0.25, 0.3) is 0 Å². The number of rotatable bonds is 4. The number of carbonyl (C=O) groups is 3. The molecule has 0 aromatic heterocycles. The van der Waals surface area contributed by atoms with Crippen molar-refractivity contribution in [1.82, 2.24) is 4.90 Å². The molecule has 3 rings (SSSR count). The van der Waals surface area contributed by atoms with Crippen molar-refractivity contribution in [2.75, 3.05) is 0 Å². The molecule has 2 aromatic carbocycles. The molecule has 1 aliphatic heterocycles. The highest BCUT2D eigenvalue weighted by Gasteiger charge is 2.42. The van der Waals surface area contributed by atoms with Crippen molar-refractivity contribution >= 4 is 28.7 Å². The van der Waals surface area contributed by atoms with Crippen LogP contribution >= 0.6 is 11.6 Å². The van der Waals surface area contributed by atoms with Crippen LogP contribution < -0.4 is 0 Å². The van der Waals surface area contributed by atoms with Gasteiger partial charge in [-0.1, -0.05) is 12.1 Å². The van der Waals surface area contributed by atoms with Gasteiger partial charge in [-0.15, -0.1) is 0 Å². The highest BCUT2D eigenvalue weighted by Crippen LogP contribution is 2.27. The Morgan fingerprint density at radius 3 is 1.96 bits per heavy atom. The third-order valence-electron chi connectivity index (χ3n) is 3.75. The Morgan fingerprint density at radius 1 is 1.00 bits per heavy atom. The van der Waals surface area contributed by atoms with Crippen LogP contribution in [-0.2, 0) is 11.2 Å². The van der Waals surface area contributed by atoms with Gasteiger partial charge in [0.05, 0.1) is 11.1 Å². The van der Waals surface area contributed by atoms with Crippen LogP contribution in [0.1, 0.15) is 26.3 Å². The molecule has 122 valence electrons. The second-order valence-electron chi connectivity index (χ2n) is 5.33. The predicted octanol–water partition coefficient (Wildman–Crippen LogP) is 2.94. The molecule has 0 fully saturated rings. The minimum Gasteiger partial charge on any atom is -0.279 e. The summed E-state index contributed by atoms with van der Waals surface area (Å²) in [7, 11) is 0. The first kappa shape index (κ1) is 16.3. The normalized spacial score (nSPS) is 14.7. The molecule has 1 atom stereocenters. The zero-order valence-corrected chi connectivity index (χ0v) is 12.9. The summed E-state index contributed by atoms with van der Waals surface area (Å²) in [6.45, 7) is 0. The number of nitrogens with zero attached hydrogens (tertiary/aromatic N) is 1. The number of hydrogen-bond donors (Lipinski definition) is 0. The van der Waals surface area contributed by atoms with Crippen molar-refractivity contribution in [2.45, 2.75) is 12.5 Å². The number of imide groups is 1. The molecule has 4 nitrogen and oxygen atoms in total. The SMILES string of the molecule is O=C(Cl)[C@H](Cc1cc(F)cc(F)c1)N1C(=O)c2ccccc2C1=O. The van der Waals surface area contributed by atoms with E-state index in [1.807, 2.05) is 0 Å². The lowest BCUT2D eigenvalue weighted by Crippen LogP contribution is -2.44. The van der Waals surface area contributed by atoms with Gasteiger partial charge in [0.1, 0.15) is 17.7 Å². The van der Waals surface area contributed by atoms with E-state index in [1.165, 1.54) is 12.1 Å². The van der Waals surface area contributed by atoms with Crippen molar-refractivity contribution in [3.8, 4) is 0 Å². The van der Waals surface area contributed by atoms with Crippen LogP contribution in [0.15, 0.2) is 42.5 Å². The first-order valence-corrected chi connectivity index (χ1v) is 7.37. The molecular formula is C17H10ClF2NO3. The summed E-state index contributed by atoms with van der Waals surface area (Å²) in [5, 5.41) is -0.964. The third kappa shape index (κ3) is 2.80. The summed E-state index contributed by atoms with van der Waals surface area (Å²) in [5.41, 5.74) is 0.440. The molecule has 0 saturated carbocycles. The Kier molecular flexibility index (Phi) is 4.15. The van der Waals surface area contributed by atoms with Crippen LogP contribution in [-0.4, -0.2) is 28.0 Å². The molecule has 7 heteroatoms. The first-order valence-electron chi connectivity index (χ1n) is 6.99. The molecule has 0 unspecified atom stereocenters. The van der Waals surface area contributed by atoms with Crippen LogP contribution in [0.2, 0.25) is 0 Å². The summed E-state index contributed by atoms with van der Waals surface area (Å²) in [5.74, 6) is -2.97. The molecule has 1 heterocycles. The fourth-order valence-corrected chi connectivity index (χ4v) is 2.89. The van der Waals surface area contributed by atoms with Gasteiger partial charge in [-0.25, -0.2) is 8.78 Å². The van der Waals surface area contributed by atoms with Gasteiger partial charge in [-0.3, -0.25) is 19.3 Å². The Bertz CT molecular complexity index is 813. The van der Waals surface area contributed by atoms with Crippen molar-refractivity contribution < 1.29 is 23.2 Å². The summed E-state index contributed by atoms with van der Waals surface area (Å²) < 4.78 is 26.6. The van der Waals surface area contributed by atoms with Crippen molar-refractivity contribution in [1.29, 1.82) is 0 Å². The number of carbonyl (C=O) groups excluding carboxylic acids is 3. The van der Waals surface area contributed by atoms with Crippen molar-refractivity contribution in [2.24, 2.45) is 0 Å². The van der Waals surface area contributed by atoms with Crippen LogP contribution in [0, 0.1) is 11.6 Å². The van der Waals surface area contributed by atoms with Crippen LogP contribution in [0.5, 0.6) is 0 Å². The molecule has 0 N–H and O–H groups in total. The average molecular weight is 350 g/mol. The van der Waals surface area contributed by atoms with E-state index < -0.39 is 34.7 Å². The average Bonchev–Trinajstić information content (AvgIpc) is 2.76. The Balaban J connectivity index is 1.97. The lowest BCUT2D eigenvalue weighted by atomic mass is 10.0. The van der Waals surface area contributed by atoms with E-state index in [1.54, 1.807) is 12.1 Å². The quantitative estimate of drug-likeness (QED) is 0.630. The fraction of sp³-hybridized carbons (Fsp3) is 0.118. The van der Waals surface area contributed by atoms with Gasteiger partial charge in [0, 0.05) is 12.5 Å². The standard InChI is InChI=1S/C17H10ClF2NO3/c18-15(22)14(7-9-5-10(19)8-11(20)6-9)21-16(23)12-3-1-2-4-13(12)17(21)24/h1-6,8,14H,7H2/t14-/m0/s1. The summed E-state index contributed by atoms with van der Waals surface area (Å²) in [4.78, 5) is 37.4. The smallest absolute Gasteiger partial charge is 0.262 e. The van der Waals surface area contributed by atoms with Gasteiger partial charge in [-0.2, -0.15) is 0 Å². The second-order valence-corrected chi connectivity index (χ2v) is 5.70. The zero-order chi connectivity index (χ0) is 17.4. The van der Waals surface area contributed by atoms with Gasteiger partial charge < -0.3 is 0 Å². The number of amides is 2. The molecule has 0 spiro atoms. The maximum atomic E-state index is 13.3. The van der Waals surface area contributed by atoms with Crippen molar-refractivity contribution in [3.63, 3.8) is 0 Å². The maximum absolute atomic E-state index is 13.3. The van der Waals surface area contributed by atoms with Crippen LogP contribution in [0.4, 0.5) is 8.78 Å². The van der Waals surface area contributed by atoms with E-state index in [0.717, 1.165) is 17.0 Å². The van der Waals surface area contributed by atoms with E-state index in [0.29, 0.717) is 6.07 Å². The Hall–Kier alpha value is -2.60. The molecule has 1 aliphatic rings. The molecule has 0 saturated heterocycles. The monoisotopic (exact) mass is 349 g/mol. The lowest BCUT2D eigenvalue weighted by molar-refractivity contribution is -0.115. The van der Waals surface area contributed by atoms with Crippen molar-refractivity contribution in [3.05, 3.63) is 70.8 Å². The maximum Gasteiger partial charge on any atom is 0.262 e. The highest BCUT2D eigenvalue weighted by atomic mass is 35.5. The van der Waals surface area contributed by atoms with E-state index in [9.17, 15) is 23.2 Å². The Morgan fingerprint density at radius 2 is 1.50 bits per heavy atom. The van der Waals surface area contributed by atoms with E-state index in [2.05, 4.69) is 0 Å². The lowest BCUT2D eigenvalue weighted by Gasteiger charge is -2.23.